The first-order valence-corrected chi connectivity index (χ1v) is 7.15. The average Bonchev–Trinajstić information content (AvgIpc) is 2.80. The highest BCUT2D eigenvalue weighted by Crippen LogP contribution is 2.17. The zero-order valence-corrected chi connectivity index (χ0v) is 14.0. The fourth-order valence-corrected chi connectivity index (χ4v) is 2.19. The van der Waals surface area contributed by atoms with Gasteiger partial charge < -0.3 is 11.1 Å². The van der Waals surface area contributed by atoms with E-state index in [-0.39, 0.29) is 24.4 Å². The first-order chi connectivity index (χ1) is 10.0. The second-order valence-corrected chi connectivity index (χ2v) is 5.36. The van der Waals surface area contributed by atoms with Crippen molar-refractivity contribution in [1.29, 1.82) is 0 Å². The van der Waals surface area contributed by atoms with Gasteiger partial charge in [-0.1, -0.05) is 18.2 Å². The Bertz CT molecular complexity index is 637. The molecule has 0 saturated heterocycles. The lowest BCUT2D eigenvalue weighted by Gasteiger charge is -2.09. The zero-order valence-electron chi connectivity index (χ0n) is 13.2. The number of halogens is 1. The van der Waals surface area contributed by atoms with Gasteiger partial charge in [0.05, 0.1) is 23.1 Å². The number of carbonyl (C=O) groups excluding carboxylic acids is 1. The number of hydrogen-bond acceptors (Lipinski definition) is 3. The Morgan fingerprint density at radius 1 is 1.36 bits per heavy atom. The molecule has 5 nitrogen and oxygen atoms in total. The molecule has 1 amide bonds. The van der Waals surface area contributed by atoms with E-state index in [1.165, 1.54) is 0 Å². The molecule has 1 unspecified atom stereocenters. The fourth-order valence-electron chi connectivity index (χ4n) is 2.19. The molecule has 1 atom stereocenters. The van der Waals surface area contributed by atoms with Crippen LogP contribution in [0.1, 0.15) is 35.0 Å². The predicted molar refractivity (Wildman–Crippen MR) is 90.9 cm³/mol. The Balaban J connectivity index is 0.00000242. The van der Waals surface area contributed by atoms with E-state index in [1.54, 1.807) is 10.9 Å². The van der Waals surface area contributed by atoms with Crippen molar-refractivity contribution >= 4 is 18.3 Å². The Hall–Kier alpha value is -1.85. The van der Waals surface area contributed by atoms with Crippen LogP contribution in [0.15, 0.2) is 30.5 Å². The van der Waals surface area contributed by atoms with Crippen LogP contribution in [0.25, 0.3) is 5.69 Å². The largest absolute Gasteiger partial charge is 0.352 e. The molecule has 2 rings (SSSR count). The van der Waals surface area contributed by atoms with Gasteiger partial charge in [-0.15, -0.1) is 12.4 Å². The van der Waals surface area contributed by atoms with Gasteiger partial charge in [-0.2, -0.15) is 5.10 Å². The zero-order chi connectivity index (χ0) is 15.4. The summed E-state index contributed by atoms with van der Waals surface area (Å²) in [6, 6.07) is 8.05. The van der Waals surface area contributed by atoms with Crippen molar-refractivity contribution in [2.24, 2.45) is 5.73 Å². The van der Waals surface area contributed by atoms with E-state index >= 15 is 0 Å². The minimum atomic E-state index is -0.104. The minimum absolute atomic E-state index is 0. The maximum atomic E-state index is 12.2. The molecule has 120 valence electrons. The van der Waals surface area contributed by atoms with Gasteiger partial charge in [-0.05, 0) is 38.8 Å². The van der Waals surface area contributed by atoms with Gasteiger partial charge in [0.25, 0.3) is 5.91 Å². The maximum absolute atomic E-state index is 12.2. The van der Waals surface area contributed by atoms with Crippen LogP contribution in [0.2, 0.25) is 0 Å². The predicted octanol–water partition coefficient (Wildman–Crippen LogP) is 2.38. The van der Waals surface area contributed by atoms with Gasteiger partial charge in [-0.3, -0.25) is 4.79 Å². The van der Waals surface area contributed by atoms with Crippen LogP contribution < -0.4 is 11.1 Å². The molecule has 3 N–H and O–H groups in total. The van der Waals surface area contributed by atoms with E-state index in [2.05, 4.69) is 10.4 Å². The summed E-state index contributed by atoms with van der Waals surface area (Å²) < 4.78 is 1.80. The highest BCUT2D eigenvalue weighted by atomic mass is 35.5. The maximum Gasteiger partial charge on any atom is 0.254 e. The van der Waals surface area contributed by atoms with Crippen molar-refractivity contribution in [2.75, 3.05) is 6.54 Å². The first kappa shape index (κ1) is 18.2. The van der Waals surface area contributed by atoms with E-state index in [4.69, 9.17) is 5.73 Å². The third kappa shape index (κ3) is 4.08. The molecule has 6 heteroatoms. The Morgan fingerprint density at radius 3 is 2.68 bits per heavy atom. The van der Waals surface area contributed by atoms with E-state index in [0.29, 0.717) is 12.1 Å². The quantitative estimate of drug-likeness (QED) is 0.887. The van der Waals surface area contributed by atoms with Crippen molar-refractivity contribution in [3.8, 4) is 5.69 Å². The van der Waals surface area contributed by atoms with Crippen LogP contribution in [0.4, 0.5) is 0 Å². The van der Waals surface area contributed by atoms with Gasteiger partial charge in [0.2, 0.25) is 0 Å². The Labute approximate surface area is 137 Å². The van der Waals surface area contributed by atoms with Crippen molar-refractivity contribution in [2.45, 2.75) is 33.2 Å². The van der Waals surface area contributed by atoms with Crippen LogP contribution in [0.3, 0.4) is 0 Å². The monoisotopic (exact) mass is 322 g/mol. The number of nitrogens with two attached hydrogens (primary N) is 1. The second-order valence-electron chi connectivity index (χ2n) is 5.36. The highest BCUT2D eigenvalue weighted by molar-refractivity contribution is 5.95. The minimum Gasteiger partial charge on any atom is -0.352 e. The van der Waals surface area contributed by atoms with Gasteiger partial charge in [0.1, 0.15) is 0 Å². The molecule has 0 saturated carbocycles. The number of aryl methyl sites for hydroxylation is 1. The number of para-hydroxylation sites is 1. The molecule has 0 radical (unpaired) electrons. The third-order valence-electron chi connectivity index (χ3n) is 3.48. The smallest absolute Gasteiger partial charge is 0.254 e. The summed E-state index contributed by atoms with van der Waals surface area (Å²) in [5.74, 6) is -0.104. The molecule has 0 aliphatic rings. The Kier molecular flexibility index (Phi) is 6.59. The SMILES string of the molecule is Cc1ccccc1-n1ncc(C(=O)NCCC(C)N)c1C.Cl. The van der Waals surface area contributed by atoms with Crippen molar-refractivity contribution in [3.63, 3.8) is 0 Å². The molecule has 0 aliphatic carbocycles. The number of carbonyl (C=O) groups is 1. The van der Waals surface area contributed by atoms with E-state index in [0.717, 1.165) is 23.4 Å². The number of nitrogens with zero attached hydrogens (tertiary/aromatic N) is 2. The summed E-state index contributed by atoms with van der Waals surface area (Å²) >= 11 is 0. The van der Waals surface area contributed by atoms with Crippen LogP contribution >= 0.6 is 12.4 Å². The van der Waals surface area contributed by atoms with Gasteiger partial charge in [0, 0.05) is 12.6 Å². The standard InChI is InChI=1S/C16H22N4O.ClH/c1-11-6-4-5-7-15(11)20-13(3)14(10-19-20)16(21)18-9-8-12(2)17;/h4-7,10,12H,8-9,17H2,1-3H3,(H,18,21);1H. The molecule has 1 aromatic carbocycles. The van der Waals surface area contributed by atoms with Gasteiger partial charge in [-0.25, -0.2) is 4.68 Å². The molecule has 22 heavy (non-hydrogen) atoms. The number of benzene rings is 1. The lowest BCUT2D eigenvalue weighted by Crippen LogP contribution is -2.29. The van der Waals surface area contributed by atoms with E-state index in [1.807, 2.05) is 45.0 Å². The van der Waals surface area contributed by atoms with E-state index < -0.39 is 0 Å². The summed E-state index contributed by atoms with van der Waals surface area (Å²) in [5.41, 5.74) is 9.22. The average molecular weight is 323 g/mol. The number of nitrogens with one attached hydrogen (secondary N) is 1. The molecule has 0 aliphatic heterocycles. The molecule has 1 aromatic heterocycles. The van der Waals surface area contributed by atoms with Crippen molar-refractivity contribution in [3.05, 3.63) is 47.3 Å². The van der Waals surface area contributed by atoms with Crippen LogP contribution in [0, 0.1) is 13.8 Å². The lowest BCUT2D eigenvalue weighted by molar-refractivity contribution is 0.0952. The molecule has 1 heterocycles. The summed E-state index contributed by atoms with van der Waals surface area (Å²) in [6.45, 7) is 6.43. The van der Waals surface area contributed by atoms with Crippen molar-refractivity contribution in [1.82, 2.24) is 15.1 Å². The summed E-state index contributed by atoms with van der Waals surface area (Å²) in [6.07, 6.45) is 2.37. The normalized spacial score (nSPS) is 11.6. The highest BCUT2D eigenvalue weighted by Gasteiger charge is 2.15. The second kappa shape index (κ2) is 7.96. The fraction of sp³-hybridized carbons (Fsp3) is 0.375. The number of rotatable bonds is 5. The van der Waals surface area contributed by atoms with Crippen LogP contribution in [0.5, 0.6) is 0 Å². The molecular weight excluding hydrogens is 300 g/mol. The van der Waals surface area contributed by atoms with E-state index in [9.17, 15) is 4.79 Å². The van der Waals surface area contributed by atoms with Gasteiger partial charge >= 0.3 is 0 Å². The molecular formula is C16H23ClN4O. The third-order valence-corrected chi connectivity index (χ3v) is 3.48. The Morgan fingerprint density at radius 2 is 2.05 bits per heavy atom. The van der Waals surface area contributed by atoms with Gasteiger partial charge in [0.15, 0.2) is 0 Å². The number of hydrogen-bond donors (Lipinski definition) is 2. The van der Waals surface area contributed by atoms with Crippen molar-refractivity contribution < 1.29 is 4.79 Å². The molecule has 0 bridgehead atoms. The molecule has 0 fully saturated rings. The lowest BCUT2D eigenvalue weighted by atomic mass is 10.2. The van der Waals surface area contributed by atoms with Crippen LogP contribution in [-0.2, 0) is 0 Å². The first-order valence-electron chi connectivity index (χ1n) is 7.15. The number of aromatic nitrogens is 2. The summed E-state index contributed by atoms with van der Waals surface area (Å²) in [4.78, 5) is 12.2. The molecule has 0 spiro atoms. The summed E-state index contributed by atoms with van der Waals surface area (Å²) in [7, 11) is 0. The van der Waals surface area contributed by atoms with Crippen LogP contribution in [-0.4, -0.2) is 28.3 Å². The molecule has 2 aromatic rings. The number of amides is 1. The topological polar surface area (TPSA) is 72.9 Å². The summed E-state index contributed by atoms with van der Waals surface area (Å²) in [5, 5.41) is 7.22.